The molecule has 0 radical (unpaired) electrons. The Balaban J connectivity index is 1.40. The lowest BCUT2D eigenvalue weighted by atomic mass is 9.64. The number of carbonyl (C=O) groups is 1. The van der Waals surface area contributed by atoms with Crippen LogP contribution in [0.3, 0.4) is 0 Å². The molecule has 0 aromatic rings. The molecule has 7 heteroatoms. The molecule has 6 nitrogen and oxygen atoms in total. The van der Waals surface area contributed by atoms with Gasteiger partial charge in [-0.05, 0) is 50.6 Å². The first-order chi connectivity index (χ1) is 13.4. The summed E-state index contributed by atoms with van der Waals surface area (Å²) in [5.74, 6) is 1.45. The second-order valence-corrected chi connectivity index (χ2v) is 10.5. The van der Waals surface area contributed by atoms with Gasteiger partial charge in [0, 0.05) is 36.5 Å². The van der Waals surface area contributed by atoms with Gasteiger partial charge in [-0.3, -0.25) is 15.5 Å². The molecule has 0 spiro atoms. The Hall–Kier alpha value is -0.760. The van der Waals surface area contributed by atoms with Gasteiger partial charge in [-0.15, -0.1) is 0 Å². The molecule has 5 rings (SSSR count). The number of alkyl halides is 1. The first kappa shape index (κ1) is 19.2. The van der Waals surface area contributed by atoms with Gasteiger partial charge in [-0.1, -0.05) is 26.7 Å². The van der Waals surface area contributed by atoms with Crippen molar-refractivity contribution in [3.63, 3.8) is 0 Å². The third-order valence-corrected chi connectivity index (χ3v) is 8.43. The second kappa shape index (κ2) is 6.89. The Morgan fingerprint density at radius 3 is 2.75 bits per heavy atom. The Morgan fingerprint density at radius 1 is 1.14 bits per heavy atom. The van der Waals surface area contributed by atoms with Crippen LogP contribution < -0.4 is 21.4 Å². The topological polar surface area (TPSA) is 68.4 Å². The molecule has 158 valence electrons. The summed E-state index contributed by atoms with van der Waals surface area (Å²) in [7, 11) is 0. The molecule has 5 fully saturated rings. The van der Waals surface area contributed by atoms with Gasteiger partial charge in [-0.2, -0.15) is 0 Å². The van der Waals surface area contributed by atoms with Gasteiger partial charge in [0.05, 0.1) is 6.17 Å². The second-order valence-electron chi connectivity index (χ2n) is 10.5. The number of hydrogen-bond donors (Lipinski definition) is 4. The Labute approximate surface area is 167 Å². The fourth-order valence-electron chi connectivity index (χ4n) is 6.99. The van der Waals surface area contributed by atoms with Crippen LogP contribution in [0.1, 0.15) is 52.4 Å². The van der Waals surface area contributed by atoms with Gasteiger partial charge in [0.1, 0.15) is 5.67 Å². The highest BCUT2D eigenvalue weighted by Gasteiger charge is 2.58. The summed E-state index contributed by atoms with van der Waals surface area (Å²) in [5.41, 5.74) is 2.34. The summed E-state index contributed by atoms with van der Waals surface area (Å²) >= 11 is 0. The predicted molar refractivity (Wildman–Crippen MR) is 106 cm³/mol. The highest BCUT2D eigenvalue weighted by Crippen LogP contribution is 2.48. The molecule has 7 unspecified atom stereocenters. The predicted octanol–water partition coefficient (Wildman–Crippen LogP) is 1.14. The van der Waals surface area contributed by atoms with E-state index in [1.807, 2.05) is 0 Å². The number of nitrogens with zero attached hydrogens (tertiary/aromatic N) is 1. The summed E-state index contributed by atoms with van der Waals surface area (Å²) in [6, 6.07) is 0.790. The zero-order valence-corrected chi connectivity index (χ0v) is 17.3. The Morgan fingerprint density at radius 2 is 1.96 bits per heavy atom. The number of piperidine rings is 1. The van der Waals surface area contributed by atoms with Crippen molar-refractivity contribution in [3.8, 4) is 0 Å². The highest BCUT2D eigenvalue weighted by atomic mass is 19.1. The maximum absolute atomic E-state index is 15.3. The zero-order valence-electron chi connectivity index (χ0n) is 17.3. The van der Waals surface area contributed by atoms with Crippen molar-refractivity contribution in [3.05, 3.63) is 0 Å². The summed E-state index contributed by atoms with van der Waals surface area (Å²) in [5, 5.41) is 12.2. The quantitative estimate of drug-likeness (QED) is 0.579. The molecule has 1 amide bonds. The van der Waals surface area contributed by atoms with Gasteiger partial charge >= 0.3 is 0 Å². The normalized spacial score (nSPS) is 48.3. The van der Waals surface area contributed by atoms with E-state index in [1.54, 1.807) is 0 Å². The van der Waals surface area contributed by atoms with Crippen LogP contribution in [-0.2, 0) is 4.79 Å². The van der Waals surface area contributed by atoms with Gasteiger partial charge < -0.3 is 10.6 Å². The van der Waals surface area contributed by atoms with Crippen LogP contribution in [0, 0.1) is 23.2 Å². The summed E-state index contributed by atoms with van der Waals surface area (Å²) in [6.07, 6.45) is 6.66. The van der Waals surface area contributed by atoms with Gasteiger partial charge in [0.2, 0.25) is 5.91 Å². The van der Waals surface area contributed by atoms with Crippen LogP contribution in [0.5, 0.6) is 0 Å². The highest BCUT2D eigenvalue weighted by molar-refractivity contribution is 5.85. The monoisotopic (exact) mass is 393 g/mol. The maximum Gasteiger partial charge on any atom is 0.227 e. The molecule has 0 aromatic carbocycles. The molecule has 4 aliphatic heterocycles. The minimum atomic E-state index is -1.12. The fraction of sp³-hybridized carbons (Fsp3) is 0.952. The molecule has 0 aromatic heterocycles. The van der Waals surface area contributed by atoms with Crippen LogP contribution in [0.25, 0.3) is 0 Å². The number of carbonyl (C=O) groups excluding carboxylic acids is 1. The Bertz CT molecular complexity index is 622. The van der Waals surface area contributed by atoms with Crippen LogP contribution in [0.15, 0.2) is 0 Å². The van der Waals surface area contributed by atoms with Crippen LogP contribution in [0.2, 0.25) is 0 Å². The average molecular weight is 394 g/mol. The van der Waals surface area contributed by atoms with Crippen molar-refractivity contribution >= 4 is 5.91 Å². The lowest BCUT2D eigenvalue weighted by molar-refractivity contribution is -0.127. The third-order valence-electron chi connectivity index (χ3n) is 8.43. The lowest BCUT2D eigenvalue weighted by Gasteiger charge is -2.44. The van der Waals surface area contributed by atoms with Crippen LogP contribution in [0.4, 0.5) is 4.39 Å². The van der Waals surface area contributed by atoms with Crippen LogP contribution in [-0.4, -0.2) is 61.0 Å². The van der Waals surface area contributed by atoms with Crippen molar-refractivity contribution in [2.45, 2.75) is 76.3 Å². The van der Waals surface area contributed by atoms with E-state index >= 15 is 4.39 Å². The number of rotatable bonds is 3. The Kier molecular flexibility index (Phi) is 4.73. The first-order valence-corrected chi connectivity index (χ1v) is 11.4. The number of hydrogen-bond acceptors (Lipinski definition) is 5. The number of hydrazine groups is 1. The molecule has 28 heavy (non-hydrogen) atoms. The zero-order chi connectivity index (χ0) is 19.5. The number of fused-ring (bicyclic) bond motifs is 2. The number of halogens is 1. The van der Waals surface area contributed by atoms with Crippen molar-refractivity contribution in [1.82, 2.24) is 26.4 Å². The van der Waals surface area contributed by atoms with Crippen molar-refractivity contribution in [2.24, 2.45) is 23.2 Å². The minimum Gasteiger partial charge on any atom is -0.340 e. The summed E-state index contributed by atoms with van der Waals surface area (Å²) < 4.78 is 15.3. The lowest BCUT2D eigenvalue weighted by Crippen LogP contribution is -2.57. The van der Waals surface area contributed by atoms with E-state index in [-0.39, 0.29) is 23.4 Å². The molecular formula is C21H36FN5O. The van der Waals surface area contributed by atoms with Gasteiger partial charge in [-0.25, -0.2) is 9.40 Å². The molecule has 4 N–H and O–H groups in total. The van der Waals surface area contributed by atoms with Gasteiger partial charge in [0.15, 0.2) is 0 Å². The number of amides is 1. The van der Waals surface area contributed by atoms with E-state index in [0.29, 0.717) is 43.4 Å². The van der Waals surface area contributed by atoms with E-state index < -0.39 is 5.67 Å². The SMILES string of the molecule is CC1(C)C(=O)NC2NCCC(C3NN(CC4(F)CCNC4)C4CCCCC34)C21. The number of nitrogens with one attached hydrogen (secondary N) is 4. The van der Waals surface area contributed by atoms with Crippen LogP contribution >= 0.6 is 0 Å². The molecule has 0 bridgehead atoms. The van der Waals surface area contributed by atoms with Crippen molar-refractivity contribution in [2.75, 3.05) is 26.2 Å². The molecule has 5 aliphatic rings. The summed E-state index contributed by atoms with van der Waals surface area (Å²) in [6.45, 7) is 6.86. The maximum atomic E-state index is 15.3. The van der Waals surface area contributed by atoms with E-state index in [9.17, 15) is 4.79 Å². The van der Waals surface area contributed by atoms with Crippen molar-refractivity contribution < 1.29 is 9.18 Å². The van der Waals surface area contributed by atoms with E-state index in [4.69, 9.17) is 0 Å². The summed E-state index contributed by atoms with van der Waals surface area (Å²) in [4.78, 5) is 12.6. The molecule has 4 saturated heterocycles. The third kappa shape index (κ3) is 3.01. The standard InChI is InChI=1S/C21H36FN5O/c1-20(2)16-14(7-9-24-18(16)25-19(20)28)17-13-5-3-4-6-15(13)27(26-17)12-21(22)8-10-23-11-21/h13-18,23-24,26H,3-12H2,1-2H3,(H,25,28). The molecule has 1 aliphatic carbocycles. The molecule has 1 saturated carbocycles. The molecule has 4 heterocycles. The van der Waals surface area contributed by atoms with Gasteiger partial charge in [0.25, 0.3) is 0 Å². The fourth-order valence-corrected chi connectivity index (χ4v) is 6.99. The van der Waals surface area contributed by atoms with Crippen molar-refractivity contribution in [1.29, 1.82) is 0 Å². The molecular weight excluding hydrogens is 357 g/mol. The smallest absolute Gasteiger partial charge is 0.227 e. The van der Waals surface area contributed by atoms with E-state index in [0.717, 1.165) is 25.9 Å². The van der Waals surface area contributed by atoms with E-state index in [1.165, 1.54) is 19.3 Å². The minimum absolute atomic E-state index is 0.0747. The molecule has 7 atom stereocenters. The van der Waals surface area contributed by atoms with E-state index in [2.05, 4.69) is 40.2 Å². The largest absolute Gasteiger partial charge is 0.340 e. The first-order valence-electron chi connectivity index (χ1n) is 11.4. The average Bonchev–Trinajstić information content (AvgIpc) is 3.32.